The Bertz CT molecular complexity index is 616. The Morgan fingerprint density at radius 3 is 2.57 bits per heavy atom. The molecule has 3 fully saturated rings. The number of fused-ring (bicyclic) bond motifs is 5. The molecular formula is C20H28O3. The van der Waals surface area contributed by atoms with Gasteiger partial charge in [0.25, 0.3) is 0 Å². The molecule has 3 heteroatoms. The lowest BCUT2D eigenvalue weighted by molar-refractivity contribution is -0.122. The molecule has 4 aliphatic carbocycles. The van der Waals surface area contributed by atoms with Crippen molar-refractivity contribution in [1.82, 2.24) is 0 Å². The smallest absolute Gasteiger partial charge is 0.178 e. The summed E-state index contributed by atoms with van der Waals surface area (Å²) in [5.41, 5.74) is 0.0777. The van der Waals surface area contributed by atoms with E-state index in [4.69, 9.17) is 0 Å². The molecule has 0 aromatic heterocycles. The van der Waals surface area contributed by atoms with E-state index in [0.29, 0.717) is 17.8 Å². The SMILES string of the molecule is CC12C=CC(=O)C=C1[C@H](O)CC1C2CCC2(C)C1CC[C@]2(C)O. The Hall–Kier alpha value is -0.930. The molecule has 4 aliphatic rings. The maximum atomic E-state index is 11.8. The molecular weight excluding hydrogens is 288 g/mol. The third-order valence-electron chi connectivity index (χ3n) is 8.14. The van der Waals surface area contributed by atoms with Gasteiger partial charge in [-0.15, -0.1) is 0 Å². The predicted octanol–water partition coefficient (Wildman–Crippen LogP) is 3.02. The molecule has 2 N–H and O–H groups in total. The van der Waals surface area contributed by atoms with Crippen molar-refractivity contribution in [2.24, 2.45) is 28.6 Å². The molecule has 3 saturated carbocycles. The standard InChI is InChI=1S/C20H28O3/c1-18-7-4-12(21)10-16(18)17(22)11-13-14(18)5-8-19(2)15(13)6-9-20(19,3)23/h4,7,10,13-15,17,22-23H,5-6,8-9,11H2,1-3H3/t13?,14?,15?,17-,18?,19?,20+/m1/s1. The quantitative estimate of drug-likeness (QED) is 0.722. The molecule has 23 heavy (non-hydrogen) atoms. The minimum Gasteiger partial charge on any atom is -0.390 e. The van der Waals surface area contributed by atoms with Crippen LogP contribution in [-0.4, -0.2) is 27.7 Å². The van der Waals surface area contributed by atoms with Gasteiger partial charge >= 0.3 is 0 Å². The minimum absolute atomic E-state index is 0.000535. The molecule has 7 atom stereocenters. The van der Waals surface area contributed by atoms with Crippen molar-refractivity contribution in [2.75, 3.05) is 0 Å². The zero-order chi connectivity index (χ0) is 16.6. The topological polar surface area (TPSA) is 57.5 Å². The van der Waals surface area contributed by atoms with Gasteiger partial charge in [0.05, 0.1) is 11.7 Å². The maximum absolute atomic E-state index is 11.8. The van der Waals surface area contributed by atoms with Crippen molar-refractivity contribution in [2.45, 2.75) is 64.6 Å². The number of allylic oxidation sites excluding steroid dienone is 3. The number of hydrogen-bond acceptors (Lipinski definition) is 3. The van der Waals surface area contributed by atoms with Gasteiger partial charge in [-0.1, -0.05) is 19.9 Å². The van der Waals surface area contributed by atoms with E-state index in [1.54, 1.807) is 12.2 Å². The fourth-order valence-corrected chi connectivity index (χ4v) is 6.49. The maximum Gasteiger partial charge on any atom is 0.178 e. The highest BCUT2D eigenvalue weighted by Gasteiger charge is 2.63. The summed E-state index contributed by atoms with van der Waals surface area (Å²) in [6.45, 7) is 6.44. The van der Waals surface area contributed by atoms with Crippen molar-refractivity contribution < 1.29 is 15.0 Å². The number of carbonyl (C=O) groups excluding carboxylic acids is 1. The van der Waals surface area contributed by atoms with Crippen LogP contribution in [0.15, 0.2) is 23.8 Å². The lowest BCUT2D eigenvalue weighted by atomic mass is 9.47. The van der Waals surface area contributed by atoms with Crippen molar-refractivity contribution in [3.63, 3.8) is 0 Å². The van der Waals surface area contributed by atoms with E-state index in [0.717, 1.165) is 37.7 Å². The molecule has 0 heterocycles. The first-order chi connectivity index (χ1) is 10.7. The van der Waals surface area contributed by atoms with E-state index < -0.39 is 11.7 Å². The van der Waals surface area contributed by atoms with E-state index in [1.807, 2.05) is 13.0 Å². The van der Waals surface area contributed by atoms with Crippen LogP contribution in [0, 0.1) is 28.6 Å². The zero-order valence-corrected chi connectivity index (χ0v) is 14.4. The number of rotatable bonds is 0. The van der Waals surface area contributed by atoms with E-state index in [1.165, 1.54) is 0 Å². The highest BCUT2D eigenvalue weighted by molar-refractivity contribution is 6.01. The van der Waals surface area contributed by atoms with Gasteiger partial charge in [-0.05, 0) is 79.9 Å². The van der Waals surface area contributed by atoms with Crippen LogP contribution in [0.1, 0.15) is 52.9 Å². The van der Waals surface area contributed by atoms with Crippen molar-refractivity contribution in [1.29, 1.82) is 0 Å². The molecule has 0 aromatic carbocycles. The summed E-state index contributed by atoms with van der Waals surface area (Å²) in [5, 5.41) is 21.6. The molecule has 0 aromatic rings. The molecule has 0 saturated heterocycles. The third kappa shape index (κ3) is 1.87. The first kappa shape index (κ1) is 15.6. The summed E-state index contributed by atoms with van der Waals surface area (Å²) in [5.74, 6) is 1.36. The molecule has 0 radical (unpaired) electrons. The van der Waals surface area contributed by atoms with Gasteiger partial charge < -0.3 is 10.2 Å². The minimum atomic E-state index is -0.594. The lowest BCUT2D eigenvalue weighted by Gasteiger charge is -2.58. The summed E-state index contributed by atoms with van der Waals surface area (Å²) >= 11 is 0. The monoisotopic (exact) mass is 316 g/mol. The number of carbonyl (C=O) groups is 1. The Morgan fingerprint density at radius 2 is 1.83 bits per heavy atom. The Morgan fingerprint density at radius 1 is 1.13 bits per heavy atom. The summed E-state index contributed by atoms with van der Waals surface area (Å²) in [7, 11) is 0. The molecule has 0 bridgehead atoms. The second-order valence-electron chi connectivity index (χ2n) is 9.02. The Labute approximate surface area is 138 Å². The van der Waals surface area contributed by atoms with Gasteiger partial charge in [-0.3, -0.25) is 4.79 Å². The van der Waals surface area contributed by atoms with Crippen molar-refractivity contribution in [3.8, 4) is 0 Å². The molecule has 4 rings (SSSR count). The van der Waals surface area contributed by atoms with Crippen LogP contribution in [-0.2, 0) is 4.79 Å². The molecule has 126 valence electrons. The summed E-state index contributed by atoms with van der Waals surface area (Å²) in [6.07, 6.45) is 9.61. The van der Waals surface area contributed by atoms with Gasteiger partial charge in [0.2, 0.25) is 0 Å². The van der Waals surface area contributed by atoms with E-state index in [9.17, 15) is 15.0 Å². The fourth-order valence-electron chi connectivity index (χ4n) is 6.49. The average molecular weight is 316 g/mol. The van der Waals surface area contributed by atoms with Crippen LogP contribution >= 0.6 is 0 Å². The Kier molecular flexibility index (Phi) is 3.10. The number of ketones is 1. The van der Waals surface area contributed by atoms with Crippen LogP contribution in [0.5, 0.6) is 0 Å². The third-order valence-corrected chi connectivity index (χ3v) is 8.14. The summed E-state index contributed by atoms with van der Waals surface area (Å²) < 4.78 is 0. The molecule has 5 unspecified atom stereocenters. The predicted molar refractivity (Wildman–Crippen MR) is 88.6 cm³/mol. The van der Waals surface area contributed by atoms with Crippen molar-refractivity contribution in [3.05, 3.63) is 23.8 Å². The number of aliphatic hydroxyl groups is 2. The highest BCUT2D eigenvalue weighted by Crippen LogP contribution is 2.66. The largest absolute Gasteiger partial charge is 0.390 e. The second kappa shape index (κ2) is 4.58. The fraction of sp³-hybridized carbons (Fsp3) is 0.750. The van der Waals surface area contributed by atoms with E-state index in [2.05, 4.69) is 13.8 Å². The lowest BCUT2D eigenvalue weighted by Crippen LogP contribution is -2.55. The molecule has 0 amide bonds. The van der Waals surface area contributed by atoms with Gasteiger partial charge in [0.15, 0.2) is 5.78 Å². The molecule has 0 aliphatic heterocycles. The first-order valence-electron chi connectivity index (χ1n) is 9.05. The van der Waals surface area contributed by atoms with Crippen molar-refractivity contribution >= 4 is 5.78 Å². The Balaban J connectivity index is 1.75. The summed E-state index contributed by atoms with van der Waals surface area (Å²) in [4.78, 5) is 11.8. The summed E-state index contributed by atoms with van der Waals surface area (Å²) in [6, 6.07) is 0. The normalized spacial score (nSPS) is 55.0. The second-order valence-corrected chi connectivity index (χ2v) is 9.02. The van der Waals surface area contributed by atoms with Gasteiger partial charge in [-0.2, -0.15) is 0 Å². The van der Waals surface area contributed by atoms with Crippen LogP contribution in [0.25, 0.3) is 0 Å². The van der Waals surface area contributed by atoms with Crippen LogP contribution in [0.3, 0.4) is 0 Å². The molecule has 3 nitrogen and oxygen atoms in total. The first-order valence-corrected chi connectivity index (χ1v) is 9.05. The van der Waals surface area contributed by atoms with Gasteiger partial charge in [0, 0.05) is 5.41 Å². The highest BCUT2D eigenvalue weighted by atomic mass is 16.3. The van der Waals surface area contributed by atoms with E-state index >= 15 is 0 Å². The van der Waals surface area contributed by atoms with Gasteiger partial charge in [-0.25, -0.2) is 0 Å². The van der Waals surface area contributed by atoms with Gasteiger partial charge in [0.1, 0.15) is 0 Å². The zero-order valence-electron chi connectivity index (χ0n) is 14.4. The van der Waals surface area contributed by atoms with E-state index in [-0.39, 0.29) is 16.6 Å². The molecule has 0 spiro atoms. The average Bonchev–Trinajstić information content (AvgIpc) is 2.72. The number of aliphatic hydroxyl groups excluding tert-OH is 1. The number of hydrogen-bond donors (Lipinski definition) is 2. The van der Waals surface area contributed by atoms with Crippen LogP contribution in [0.4, 0.5) is 0 Å². The van der Waals surface area contributed by atoms with Crippen LogP contribution in [0.2, 0.25) is 0 Å². The van der Waals surface area contributed by atoms with Crippen LogP contribution < -0.4 is 0 Å².